The SMILES string of the molecule is CCCCCCc1cc(C(C)(C)C)sc1-c1cc2sc(-c3sc(C(C)(C)C)cc3CCCCCC)cc2s1. The first-order valence-corrected chi connectivity index (χ1v) is 18.1. The molecule has 0 amide bonds. The molecule has 0 saturated carbocycles. The van der Waals surface area contributed by atoms with Gasteiger partial charge in [-0.25, -0.2) is 0 Å². The zero-order valence-corrected chi connectivity index (χ0v) is 28.3. The van der Waals surface area contributed by atoms with Gasteiger partial charge in [0, 0.05) is 38.7 Å². The fourth-order valence-electron chi connectivity index (χ4n) is 4.93. The van der Waals surface area contributed by atoms with E-state index >= 15 is 0 Å². The molecule has 0 nitrogen and oxygen atoms in total. The van der Waals surface area contributed by atoms with Gasteiger partial charge in [0.05, 0.1) is 0 Å². The molecule has 208 valence electrons. The number of fused-ring (bicyclic) bond motifs is 1. The summed E-state index contributed by atoms with van der Waals surface area (Å²) in [7, 11) is 0. The van der Waals surface area contributed by atoms with E-state index < -0.39 is 0 Å². The summed E-state index contributed by atoms with van der Waals surface area (Å²) in [5, 5.41) is 0. The standard InChI is InChI=1S/C34H48S4/c1-9-11-13-15-17-23-19-29(33(3,4)5)37-31(23)27-21-25-26(35-27)22-28(36-25)32-24(18-16-14-12-10-2)20-30(38-32)34(6,7)8/h19-22H,9-18H2,1-8H3. The number of rotatable bonds is 12. The van der Waals surface area contributed by atoms with Crippen molar-refractivity contribution in [2.45, 2.75) is 130 Å². The lowest BCUT2D eigenvalue weighted by Crippen LogP contribution is -2.08. The normalized spacial score (nSPS) is 12.7. The third-order valence-electron chi connectivity index (χ3n) is 7.35. The molecule has 0 aliphatic heterocycles. The van der Waals surface area contributed by atoms with E-state index in [-0.39, 0.29) is 10.8 Å². The van der Waals surface area contributed by atoms with Crippen LogP contribution in [0.5, 0.6) is 0 Å². The van der Waals surface area contributed by atoms with Crippen LogP contribution in [0.15, 0.2) is 24.3 Å². The van der Waals surface area contributed by atoms with Gasteiger partial charge in [-0.05, 0) is 71.9 Å². The van der Waals surface area contributed by atoms with Gasteiger partial charge in [0.1, 0.15) is 0 Å². The molecule has 4 heteroatoms. The summed E-state index contributed by atoms with van der Waals surface area (Å²) < 4.78 is 2.93. The smallest absolute Gasteiger partial charge is 0.0478 e. The van der Waals surface area contributed by atoms with Crippen molar-refractivity contribution in [3.63, 3.8) is 0 Å². The van der Waals surface area contributed by atoms with Crippen LogP contribution in [0, 0.1) is 0 Å². The Labute approximate surface area is 248 Å². The van der Waals surface area contributed by atoms with Crippen LogP contribution < -0.4 is 0 Å². The lowest BCUT2D eigenvalue weighted by atomic mass is 9.93. The molecule has 4 aromatic heterocycles. The molecule has 0 aliphatic carbocycles. The van der Waals surface area contributed by atoms with Gasteiger partial charge in [-0.1, -0.05) is 93.9 Å². The van der Waals surface area contributed by atoms with E-state index in [0.717, 1.165) is 0 Å². The Morgan fingerprint density at radius 2 is 0.895 bits per heavy atom. The van der Waals surface area contributed by atoms with Crippen LogP contribution in [0.3, 0.4) is 0 Å². The number of unbranched alkanes of at least 4 members (excludes halogenated alkanes) is 6. The second-order valence-corrected chi connectivity index (χ2v) is 17.3. The third-order valence-corrected chi connectivity index (χ3v) is 13.2. The van der Waals surface area contributed by atoms with E-state index in [2.05, 4.69) is 79.7 Å². The van der Waals surface area contributed by atoms with Crippen molar-refractivity contribution in [2.75, 3.05) is 0 Å². The highest BCUT2D eigenvalue weighted by Gasteiger charge is 2.24. The number of hydrogen-bond donors (Lipinski definition) is 0. The fourth-order valence-corrected chi connectivity index (χ4v) is 10.1. The van der Waals surface area contributed by atoms with Gasteiger partial charge < -0.3 is 0 Å². The first-order valence-electron chi connectivity index (χ1n) is 14.8. The van der Waals surface area contributed by atoms with E-state index in [1.165, 1.54) is 103 Å². The largest absolute Gasteiger partial charge is 0.139 e. The van der Waals surface area contributed by atoms with E-state index in [4.69, 9.17) is 0 Å². The summed E-state index contributed by atoms with van der Waals surface area (Å²) in [4.78, 5) is 9.07. The van der Waals surface area contributed by atoms with Crippen LogP contribution in [-0.2, 0) is 23.7 Å². The quantitative estimate of drug-likeness (QED) is 0.145. The van der Waals surface area contributed by atoms with Gasteiger partial charge in [0.2, 0.25) is 0 Å². The minimum Gasteiger partial charge on any atom is -0.139 e. The van der Waals surface area contributed by atoms with Crippen molar-refractivity contribution in [3.05, 3.63) is 45.1 Å². The maximum absolute atomic E-state index is 2.52. The van der Waals surface area contributed by atoms with Gasteiger partial charge in [0.15, 0.2) is 0 Å². The van der Waals surface area contributed by atoms with Gasteiger partial charge in [-0.2, -0.15) is 0 Å². The molecular formula is C34H48S4. The summed E-state index contributed by atoms with van der Waals surface area (Å²) in [6, 6.07) is 10.0. The van der Waals surface area contributed by atoms with Gasteiger partial charge in [0.25, 0.3) is 0 Å². The molecule has 0 aromatic carbocycles. The van der Waals surface area contributed by atoms with Gasteiger partial charge in [-0.3, -0.25) is 0 Å². The third kappa shape index (κ3) is 7.22. The molecule has 0 atom stereocenters. The highest BCUT2D eigenvalue weighted by atomic mass is 32.1. The van der Waals surface area contributed by atoms with Crippen molar-refractivity contribution in [2.24, 2.45) is 0 Å². The molecule has 0 fully saturated rings. The molecule has 38 heavy (non-hydrogen) atoms. The minimum absolute atomic E-state index is 0.209. The molecule has 0 aliphatic rings. The Balaban J connectivity index is 1.65. The minimum atomic E-state index is 0.209. The Morgan fingerprint density at radius 1 is 0.500 bits per heavy atom. The molecule has 0 N–H and O–H groups in total. The first kappa shape index (κ1) is 30.0. The van der Waals surface area contributed by atoms with Crippen molar-refractivity contribution in [3.8, 4) is 19.5 Å². The van der Waals surface area contributed by atoms with E-state index in [1.807, 2.05) is 45.3 Å². The van der Waals surface area contributed by atoms with Crippen LogP contribution in [0.4, 0.5) is 0 Å². The Hall–Kier alpha value is -0.940. The topological polar surface area (TPSA) is 0 Å². The Morgan fingerprint density at radius 3 is 1.24 bits per heavy atom. The fraction of sp³-hybridized carbons (Fsp3) is 0.588. The summed E-state index contributed by atoms with van der Waals surface area (Å²) in [5.41, 5.74) is 3.57. The van der Waals surface area contributed by atoms with Gasteiger partial charge >= 0.3 is 0 Å². The lowest BCUT2D eigenvalue weighted by molar-refractivity contribution is 0.602. The molecule has 4 aromatic rings. The average Bonchev–Trinajstić information content (AvgIpc) is 3.59. The van der Waals surface area contributed by atoms with Crippen LogP contribution in [0.25, 0.3) is 28.9 Å². The predicted molar refractivity (Wildman–Crippen MR) is 179 cm³/mol. The molecule has 0 unspecified atom stereocenters. The maximum atomic E-state index is 2.52. The van der Waals surface area contributed by atoms with Crippen LogP contribution in [0.1, 0.15) is 128 Å². The van der Waals surface area contributed by atoms with Crippen LogP contribution in [0.2, 0.25) is 0 Å². The molecule has 4 rings (SSSR count). The zero-order valence-electron chi connectivity index (χ0n) is 25.0. The van der Waals surface area contributed by atoms with E-state index in [9.17, 15) is 0 Å². The second kappa shape index (κ2) is 12.7. The van der Waals surface area contributed by atoms with Gasteiger partial charge in [-0.15, -0.1) is 45.3 Å². The van der Waals surface area contributed by atoms with Crippen molar-refractivity contribution >= 4 is 54.7 Å². The molecule has 0 radical (unpaired) electrons. The van der Waals surface area contributed by atoms with Crippen molar-refractivity contribution in [1.29, 1.82) is 0 Å². The molecule has 0 bridgehead atoms. The highest BCUT2D eigenvalue weighted by Crippen LogP contribution is 2.49. The van der Waals surface area contributed by atoms with E-state index in [0.29, 0.717) is 0 Å². The van der Waals surface area contributed by atoms with Crippen molar-refractivity contribution < 1.29 is 0 Å². The van der Waals surface area contributed by atoms with Crippen LogP contribution in [-0.4, -0.2) is 0 Å². The second-order valence-electron chi connectivity index (χ2n) is 13.0. The summed E-state index contributed by atoms with van der Waals surface area (Å²) in [6.07, 6.45) is 13.0. The predicted octanol–water partition coefficient (Wildman–Crippen LogP) is 13.3. The Bertz CT molecular complexity index is 1180. The maximum Gasteiger partial charge on any atom is 0.0478 e. The Kier molecular flexibility index (Phi) is 10.0. The van der Waals surface area contributed by atoms with Crippen molar-refractivity contribution in [1.82, 2.24) is 0 Å². The monoisotopic (exact) mass is 584 g/mol. The molecule has 0 saturated heterocycles. The number of hydrogen-bond acceptors (Lipinski definition) is 4. The van der Waals surface area contributed by atoms with E-state index in [1.54, 1.807) is 11.1 Å². The summed E-state index contributed by atoms with van der Waals surface area (Å²) in [6.45, 7) is 18.7. The average molecular weight is 585 g/mol. The number of aryl methyl sites for hydroxylation is 2. The first-order chi connectivity index (χ1) is 18.0. The van der Waals surface area contributed by atoms with Crippen LogP contribution >= 0.6 is 45.3 Å². The summed E-state index contributed by atoms with van der Waals surface area (Å²) in [5.74, 6) is 0. The molecular weight excluding hydrogens is 537 g/mol. The molecule has 4 heterocycles. The number of thiophene rings is 4. The lowest BCUT2D eigenvalue weighted by Gasteiger charge is -2.15. The molecule has 0 spiro atoms. The summed E-state index contributed by atoms with van der Waals surface area (Å²) >= 11 is 8.11. The highest BCUT2D eigenvalue weighted by molar-refractivity contribution is 7.33. The zero-order chi connectivity index (χ0) is 27.5.